The van der Waals surface area contributed by atoms with E-state index in [1.807, 2.05) is 0 Å². The van der Waals surface area contributed by atoms with Gasteiger partial charge in [-0.05, 0) is 98.1 Å². The molecule has 0 unspecified atom stereocenters. The van der Waals surface area contributed by atoms with Gasteiger partial charge in [0.25, 0.3) is 0 Å². The Labute approximate surface area is 345 Å². The first-order valence-corrected chi connectivity index (χ1v) is 17.4. The molecule has 14 N–H and O–H groups in total. The van der Waals surface area contributed by atoms with Crippen molar-refractivity contribution >= 4 is 79.2 Å². The van der Waals surface area contributed by atoms with E-state index in [0.29, 0.717) is 47.9 Å². The fourth-order valence-corrected chi connectivity index (χ4v) is 6.75. The standard InChI is InChI=1S/C35H51N9O7.4ClH/c36-11-1-4-25-33(49)42-26(34(50)43-14-3-6-28(43)35(51)44(15-13-38)27(31(40)47)5-2-12-37)19-23-17-21(8-10-30(23)46)20-7-9-29(45)22(16-20)18-24(39)32(48)41-25;;;;/h7-10,16-17,24-28,45-46H,1-6,11-15,18-19,36-39H2,(H2,40,47)(H,41,48)(H,42,49);4*1H/t24-,25-,26-,27-,28-;;;;/m0..../s1. The van der Waals surface area contributed by atoms with Crippen molar-refractivity contribution in [2.24, 2.45) is 28.7 Å². The molecule has 0 spiro atoms. The van der Waals surface area contributed by atoms with Crippen LogP contribution in [0.2, 0.25) is 0 Å². The van der Waals surface area contributed by atoms with E-state index in [-0.39, 0.29) is 120 Å². The molecule has 2 aliphatic rings. The molecule has 4 rings (SSSR count). The number of likely N-dealkylation sites (tertiary alicyclic amines) is 1. The number of phenolic OH excluding ortho intramolecular Hbond substituents is 2. The molecule has 0 aromatic heterocycles. The van der Waals surface area contributed by atoms with E-state index >= 15 is 0 Å². The number of nitrogens with one attached hydrogen (secondary N) is 2. The second-order valence-corrected chi connectivity index (χ2v) is 13.1. The van der Waals surface area contributed by atoms with Crippen LogP contribution in [0.1, 0.15) is 49.7 Å². The number of hydrogen-bond donors (Lipinski definition) is 9. The minimum atomic E-state index is -1.29. The highest BCUT2D eigenvalue weighted by molar-refractivity contribution is 5.96. The van der Waals surface area contributed by atoms with Gasteiger partial charge in [-0.25, -0.2) is 0 Å². The topological polar surface area (TPSA) is 286 Å². The molecule has 1 fully saturated rings. The van der Waals surface area contributed by atoms with Crippen molar-refractivity contribution in [3.8, 4) is 22.6 Å². The summed E-state index contributed by atoms with van der Waals surface area (Å²) in [4.78, 5) is 70.9. The molecule has 5 atom stereocenters. The lowest BCUT2D eigenvalue weighted by Gasteiger charge is -2.35. The number of halogens is 4. The minimum Gasteiger partial charge on any atom is -0.508 e. The van der Waals surface area contributed by atoms with E-state index in [0.717, 1.165) is 0 Å². The first kappa shape index (κ1) is 51.4. The summed E-state index contributed by atoms with van der Waals surface area (Å²) in [5, 5.41) is 27.0. The fraction of sp³-hybridized carbons (Fsp3) is 0.514. The Morgan fingerprint density at radius 1 is 0.836 bits per heavy atom. The molecule has 55 heavy (non-hydrogen) atoms. The average molecular weight is 856 g/mol. The molecular weight excluding hydrogens is 800 g/mol. The second kappa shape index (κ2) is 24.1. The summed E-state index contributed by atoms with van der Waals surface area (Å²) in [6, 6.07) is 4.18. The van der Waals surface area contributed by atoms with Crippen LogP contribution in [0.4, 0.5) is 0 Å². The molecule has 1 saturated heterocycles. The SMILES string of the molecule is Cl.Cl.Cl.Cl.NCCC[C@@H]1NC(=O)[C@@H](N)Cc2cc(ccc2O)-c2ccc(O)c(c2)C[C@@H](C(=O)N2CCC[C@H]2C(=O)N(CCN)[C@@H](CCCN)C(N)=O)NC1=O. The molecule has 4 bridgehead atoms. The van der Waals surface area contributed by atoms with E-state index < -0.39 is 59.7 Å². The normalized spacial score (nSPS) is 20.0. The molecule has 2 heterocycles. The van der Waals surface area contributed by atoms with Gasteiger partial charge < -0.3 is 59.3 Å². The Morgan fingerprint density at radius 3 is 1.96 bits per heavy atom. The van der Waals surface area contributed by atoms with Crippen molar-refractivity contribution in [2.45, 2.75) is 81.6 Å². The molecular formula is C35H55Cl4N9O7. The summed E-state index contributed by atoms with van der Waals surface area (Å²) in [5.74, 6) is -3.31. The quantitative estimate of drug-likeness (QED) is 0.137. The molecule has 2 aromatic rings. The monoisotopic (exact) mass is 853 g/mol. The van der Waals surface area contributed by atoms with Crippen LogP contribution in [0.5, 0.6) is 11.5 Å². The first-order chi connectivity index (χ1) is 24.4. The summed E-state index contributed by atoms with van der Waals surface area (Å²) < 4.78 is 0. The maximum atomic E-state index is 14.5. The van der Waals surface area contributed by atoms with E-state index in [9.17, 15) is 34.2 Å². The van der Waals surface area contributed by atoms with Crippen molar-refractivity contribution in [3.05, 3.63) is 47.5 Å². The largest absolute Gasteiger partial charge is 0.508 e. The van der Waals surface area contributed by atoms with E-state index in [2.05, 4.69) is 10.6 Å². The van der Waals surface area contributed by atoms with Gasteiger partial charge in [-0.3, -0.25) is 24.0 Å². The number of nitrogens with two attached hydrogens (primary N) is 5. The van der Waals surface area contributed by atoms with E-state index in [4.69, 9.17) is 28.7 Å². The van der Waals surface area contributed by atoms with Crippen LogP contribution in [-0.4, -0.2) is 112 Å². The van der Waals surface area contributed by atoms with Crippen LogP contribution < -0.4 is 39.3 Å². The zero-order chi connectivity index (χ0) is 37.2. The lowest BCUT2D eigenvalue weighted by molar-refractivity contribution is -0.149. The Hall–Kier alpha value is -3.61. The third kappa shape index (κ3) is 13.0. The van der Waals surface area contributed by atoms with Crippen molar-refractivity contribution in [2.75, 3.05) is 32.7 Å². The number of nitrogens with zero attached hydrogens (tertiary/aromatic N) is 2. The van der Waals surface area contributed by atoms with Gasteiger partial charge in [0.1, 0.15) is 35.7 Å². The molecule has 20 heteroatoms. The van der Waals surface area contributed by atoms with Gasteiger partial charge in [-0.15, -0.1) is 49.6 Å². The number of hydrogen-bond acceptors (Lipinski definition) is 11. The van der Waals surface area contributed by atoms with Gasteiger partial charge in [-0.1, -0.05) is 12.1 Å². The number of amides is 5. The molecule has 16 nitrogen and oxygen atoms in total. The number of carbonyl (C=O) groups excluding carboxylic acids is 5. The summed E-state index contributed by atoms with van der Waals surface area (Å²) >= 11 is 0. The molecule has 310 valence electrons. The highest BCUT2D eigenvalue weighted by Crippen LogP contribution is 2.31. The molecule has 5 amide bonds. The summed E-state index contributed by atoms with van der Waals surface area (Å²) in [6.07, 6.45) is 1.74. The number of aromatic hydroxyl groups is 2. The Morgan fingerprint density at radius 2 is 1.42 bits per heavy atom. The fourth-order valence-electron chi connectivity index (χ4n) is 6.75. The Balaban J connectivity index is 0.00000729. The van der Waals surface area contributed by atoms with Crippen LogP contribution >= 0.6 is 49.6 Å². The molecule has 0 radical (unpaired) electrons. The zero-order valence-electron chi connectivity index (χ0n) is 30.4. The van der Waals surface area contributed by atoms with Crippen LogP contribution in [0.25, 0.3) is 11.1 Å². The van der Waals surface area contributed by atoms with Crippen LogP contribution in [0, 0.1) is 0 Å². The number of fused-ring (bicyclic) bond motifs is 5. The van der Waals surface area contributed by atoms with Crippen molar-refractivity contribution in [1.29, 1.82) is 0 Å². The van der Waals surface area contributed by atoms with Crippen molar-refractivity contribution in [1.82, 2.24) is 20.4 Å². The van der Waals surface area contributed by atoms with Crippen LogP contribution in [-0.2, 0) is 36.8 Å². The number of rotatable bonds is 12. The summed E-state index contributed by atoms with van der Waals surface area (Å²) in [6.45, 7) is 0.774. The lowest BCUT2D eigenvalue weighted by atomic mass is 9.95. The molecule has 0 saturated carbocycles. The van der Waals surface area contributed by atoms with Gasteiger partial charge in [0.05, 0.1) is 6.04 Å². The van der Waals surface area contributed by atoms with Gasteiger partial charge in [-0.2, -0.15) is 0 Å². The zero-order valence-corrected chi connectivity index (χ0v) is 33.7. The number of carbonyl (C=O) groups is 5. The third-order valence-electron chi connectivity index (χ3n) is 9.50. The van der Waals surface area contributed by atoms with Gasteiger partial charge >= 0.3 is 0 Å². The maximum absolute atomic E-state index is 14.5. The lowest BCUT2D eigenvalue weighted by Crippen LogP contribution is -2.60. The highest BCUT2D eigenvalue weighted by Gasteiger charge is 2.42. The Kier molecular flexibility index (Phi) is 22.5. The smallest absolute Gasteiger partial charge is 0.246 e. The van der Waals surface area contributed by atoms with Crippen molar-refractivity contribution in [3.63, 3.8) is 0 Å². The predicted molar refractivity (Wildman–Crippen MR) is 219 cm³/mol. The van der Waals surface area contributed by atoms with Crippen molar-refractivity contribution < 1.29 is 34.2 Å². The predicted octanol–water partition coefficient (Wildman–Crippen LogP) is -0.0425. The van der Waals surface area contributed by atoms with E-state index in [1.54, 1.807) is 24.3 Å². The first-order valence-electron chi connectivity index (χ1n) is 17.4. The molecule has 0 aliphatic carbocycles. The number of benzene rings is 2. The molecule has 2 aromatic carbocycles. The van der Waals surface area contributed by atoms with Crippen LogP contribution in [0.3, 0.4) is 0 Å². The highest BCUT2D eigenvalue weighted by atomic mass is 35.5. The second-order valence-electron chi connectivity index (χ2n) is 13.1. The Bertz CT molecular complexity index is 1610. The number of primary amides is 1. The maximum Gasteiger partial charge on any atom is 0.246 e. The number of phenols is 2. The summed E-state index contributed by atoms with van der Waals surface area (Å²) in [7, 11) is 0. The van der Waals surface area contributed by atoms with E-state index in [1.165, 1.54) is 21.9 Å². The summed E-state index contributed by atoms with van der Waals surface area (Å²) in [5.41, 5.74) is 31.2. The van der Waals surface area contributed by atoms with Gasteiger partial charge in [0, 0.05) is 32.5 Å². The molecule has 2 aliphatic heterocycles. The third-order valence-corrected chi connectivity index (χ3v) is 9.50. The van der Waals surface area contributed by atoms with Gasteiger partial charge in [0.15, 0.2) is 0 Å². The average Bonchev–Trinajstić information content (AvgIpc) is 3.60. The van der Waals surface area contributed by atoms with Crippen LogP contribution in [0.15, 0.2) is 36.4 Å². The van der Waals surface area contributed by atoms with Gasteiger partial charge in [0.2, 0.25) is 29.5 Å². The minimum absolute atomic E-state index is 0.